The monoisotopic (exact) mass is 410 g/mol. The molecule has 6 heteroatoms. The van der Waals surface area contributed by atoms with Crippen molar-refractivity contribution in [3.8, 4) is 11.5 Å². The van der Waals surface area contributed by atoms with E-state index in [0.717, 1.165) is 11.1 Å². The first-order chi connectivity index (χ1) is 13.4. The lowest BCUT2D eigenvalue weighted by Crippen LogP contribution is -2.12. The van der Waals surface area contributed by atoms with Gasteiger partial charge in [0.25, 0.3) is 5.91 Å². The predicted octanol–water partition coefficient (Wildman–Crippen LogP) is 6.67. The van der Waals surface area contributed by atoms with E-state index in [1.54, 1.807) is 36.4 Å². The number of hydrogen-bond acceptors (Lipinski definition) is 3. The topological polar surface area (TPSA) is 55.1 Å². The number of benzene rings is 3. The molecular formula is C22H16Cl2N2O2. The van der Waals surface area contributed by atoms with E-state index in [1.807, 2.05) is 32.0 Å². The van der Waals surface area contributed by atoms with E-state index in [1.165, 1.54) is 0 Å². The number of carbonyl (C=O) groups is 1. The number of oxazole rings is 1. The summed E-state index contributed by atoms with van der Waals surface area (Å²) in [5.41, 5.74) is 5.12. The number of fused-ring (bicyclic) bond motifs is 1. The molecule has 3 aromatic carbocycles. The van der Waals surface area contributed by atoms with Gasteiger partial charge in [-0.1, -0.05) is 40.4 Å². The van der Waals surface area contributed by atoms with Gasteiger partial charge in [-0.05, 0) is 62.4 Å². The maximum absolute atomic E-state index is 12.7. The van der Waals surface area contributed by atoms with E-state index in [0.29, 0.717) is 43.9 Å². The minimum Gasteiger partial charge on any atom is -0.436 e. The van der Waals surface area contributed by atoms with E-state index in [9.17, 15) is 4.79 Å². The fraction of sp³-hybridized carbons (Fsp3) is 0.0909. The molecule has 0 aliphatic rings. The largest absolute Gasteiger partial charge is 0.436 e. The van der Waals surface area contributed by atoms with E-state index in [2.05, 4.69) is 10.3 Å². The maximum atomic E-state index is 12.7. The highest BCUT2D eigenvalue weighted by molar-refractivity contribution is 6.34. The van der Waals surface area contributed by atoms with Crippen molar-refractivity contribution in [2.75, 3.05) is 5.32 Å². The third kappa shape index (κ3) is 3.75. The van der Waals surface area contributed by atoms with Gasteiger partial charge in [-0.15, -0.1) is 0 Å². The summed E-state index contributed by atoms with van der Waals surface area (Å²) < 4.78 is 5.80. The number of aromatic nitrogens is 1. The SMILES string of the molecule is Cc1cc(C)cc(C(=O)Nc2cc(-c3nc4cc(Cl)ccc4o3)ccc2Cl)c1. The Hall–Kier alpha value is -2.82. The minimum atomic E-state index is -0.227. The molecule has 0 aliphatic carbocycles. The summed E-state index contributed by atoms with van der Waals surface area (Å²) in [5, 5.41) is 3.89. The number of amides is 1. The van der Waals surface area contributed by atoms with E-state index in [4.69, 9.17) is 27.6 Å². The second-order valence-electron chi connectivity index (χ2n) is 6.66. The third-order valence-corrected chi connectivity index (χ3v) is 4.86. The van der Waals surface area contributed by atoms with E-state index < -0.39 is 0 Å². The first-order valence-electron chi connectivity index (χ1n) is 8.65. The Labute approximate surface area is 172 Å². The molecule has 0 aliphatic heterocycles. The number of halogens is 2. The third-order valence-electron chi connectivity index (χ3n) is 4.30. The smallest absolute Gasteiger partial charge is 0.255 e. The fourth-order valence-corrected chi connectivity index (χ4v) is 3.41. The van der Waals surface area contributed by atoms with Gasteiger partial charge >= 0.3 is 0 Å². The summed E-state index contributed by atoms with van der Waals surface area (Å²) in [6.45, 7) is 3.91. The molecule has 1 N–H and O–H groups in total. The molecule has 0 radical (unpaired) electrons. The first kappa shape index (κ1) is 18.5. The molecule has 0 saturated carbocycles. The molecule has 0 bridgehead atoms. The molecule has 0 unspecified atom stereocenters. The zero-order valence-electron chi connectivity index (χ0n) is 15.2. The van der Waals surface area contributed by atoms with Crippen LogP contribution in [0.4, 0.5) is 5.69 Å². The van der Waals surface area contributed by atoms with Gasteiger partial charge in [0.2, 0.25) is 5.89 Å². The molecule has 28 heavy (non-hydrogen) atoms. The Morgan fingerprint density at radius 1 is 0.964 bits per heavy atom. The van der Waals surface area contributed by atoms with Gasteiger partial charge in [0.15, 0.2) is 5.58 Å². The Bertz CT molecular complexity index is 1190. The number of nitrogens with one attached hydrogen (secondary N) is 1. The van der Waals surface area contributed by atoms with Crippen LogP contribution in [0.3, 0.4) is 0 Å². The number of anilines is 1. The van der Waals surface area contributed by atoms with Crippen molar-refractivity contribution in [3.63, 3.8) is 0 Å². The molecule has 1 amide bonds. The molecule has 4 aromatic rings. The zero-order chi connectivity index (χ0) is 19.8. The summed E-state index contributed by atoms with van der Waals surface area (Å²) in [5.74, 6) is 0.200. The van der Waals surface area contributed by atoms with Crippen molar-refractivity contribution in [1.82, 2.24) is 4.98 Å². The van der Waals surface area contributed by atoms with Gasteiger partial charge in [-0.2, -0.15) is 0 Å². The summed E-state index contributed by atoms with van der Waals surface area (Å²) >= 11 is 12.3. The lowest BCUT2D eigenvalue weighted by atomic mass is 10.1. The van der Waals surface area contributed by atoms with Crippen molar-refractivity contribution >= 4 is 45.9 Å². The van der Waals surface area contributed by atoms with Gasteiger partial charge < -0.3 is 9.73 Å². The van der Waals surface area contributed by atoms with Gasteiger partial charge in [-0.3, -0.25) is 4.79 Å². The first-order valence-corrected chi connectivity index (χ1v) is 9.40. The molecule has 0 atom stereocenters. The van der Waals surface area contributed by atoms with Crippen molar-refractivity contribution in [3.05, 3.63) is 81.3 Å². The van der Waals surface area contributed by atoms with Gasteiger partial charge in [0.1, 0.15) is 5.52 Å². The van der Waals surface area contributed by atoms with Crippen LogP contribution in [-0.2, 0) is 0 Å². The average Bonchev–Trinajstić information content (AvgIpc) is 3.05. The van der Waals surface area contributed by atoms with E-state index in [-0.39, 0.29) is 5.91 Å². The van der Waals surface area contributed by atoms with Crippen LogP contribution in [-0.4, -0.2) is 10.9 Å². The van der Waals surface area contributed by atoms with Crippen LogP contribution in [0.5, 0.6) is 0 Å². The second-order valence-corrected chi connectivity index (χ2v) is 7.50. The molecule has 4 nitrogen and oxygen atoms in total. The van der Waals surface area contributed by atoms with Crippen LogP contribution in [0.1, 0.15) is 21.5 Å². The number of hydrogen-bond donors (Lipinski definition) is 1. The van der Waals surface area contributed by atoms with Crippen molar-refractivity contribution in [2.24, 2.45) is 0 Å². The Morgan fingerprint density at radius 3 is 2.46 bits per heavy atom. The highest BCUT2D eigenvalue weighted by Crippen LogP contribution is 2.31. The Kier molecular flexibility index (Phi) is 4.84. The maximum Gasteiger partial charge on any atom is 0.255 e. The van der Waals surface area contributed by atoms with Crippen LogP contribution in [0.15, 0.2) is 59.0 Å². The minimum absolute atomic E-state index is 0.227. The number of nitrogens with zero attached hydrogens (tertiary/aromatic N) is 1. The van der Waals surface area contributed by atoms with Crippen LogP contribution in [0.25, 0.3) is 22.6 Å². The predicted molar refractivity (Wildman–Crippen MR) is 113 cm³/mol. The zero-order valence-corrected chi connectivity index (χ0v) is 16.7. The van der Waals surface area contributed by atoms with E-state index >= 15 is 0 Å². The van der Waals surface area contributed by atoms with Crippen LogP contribution >= 0.6 is 23.2 Å². The number of rotatable bonds is 3. The lowest BCUT2D eigenvalue weighted by molar-refractivity contribution is 0.102. The number of aryl methyl sites for hydroxylation is 2. The molecule has 0 spiro atoms. The molecular weight excluding hydrogens is 395 g/mol. The van der Waals surface area contributed by atoms with Gasteiger partial charge in [0.05, 0.1) is 10.7 Å². The van der Waals surface area contributed by atoms with Crippen molar-refractivity contribution in [1.29, 1.82) is 0 Å². The van der Waals surface area contributed by atoms with Crippen LogP contribution in [0.2, 0.25) is 10.0 Å². The van der Waals surface area contributed by atoms with Crippen LogP contribution in [0, 0.1) is 13.8 Å². The molecule has 1 aromatic heterocycles. The molecule has 0 saturated heterocycles. The van der Waals surface area contributed by atoms with Crippen molar-refractivity contribution in [2.45, 2.75) is 13.8 Å². The normalized spacial score (nSPS) is 11.0. The van der Waals surface area contributed by atoms with Crippen LogP contribution < -0.4 is 5.32 Å². The van der Waals surface area contributed by atoms with Crippen molar-refractivity contribution < 1.29 is 9.21 Å². The highest BCUT2D eigenvalue weighted by atomic mass is 35.5. The molecule has 0 fully saturated rings. The second kappa shape index (κ2) is 7.30. The standard InChI is InChI=1S/C22H16Cl2N2O2/c1-12-7-13(2)9-15(8-12)21(27)25-18-10-14(3-5-17(18)24)22-26-19-11-16(23)4-6-20(19)28-22/h3-11H,1-2H3,(H,25,27). The Balaban J connectivity index is 1.67. The highest BCUT2D eigenvalue weighted by Gasteiger charge is 2.14. The van der Waals surface area contributed by atoms with Gasteiger partial charge in [-0.25, -0.2) is 4.98 Å². The quantitative estimate of drug-likeness (QED) is 0.410. The molecule has 1 heterocycles. The van der Waals surface area contributed by atoms with Gasteiger partial charge in [0, 0.05) is 16.1 Å². The summed E-state index contributed by atoms with van der Waals surface area (Å²) in [6.07, 6.45) is 0. The summed E-state index contributed by atoms with van der Waals surface area (Å²) in [7, 11) is 0. The average molecular weight is 411 g/mol. The summed E-state index contributed by atoms with van der Waals surface area (Å²) in [6, 6.07) is 16.2. The molecule has 4 rings (SSSR count). The number of carbonyl (C=O) groups excluding carboxylic acids is 1. The summed E-state index contributed by atoms with van der Waals surface area (Å²) in [4.78, 5) is 17.1. The Morgan fingerprint density at radius 2 is 1.71 bits per heavy atom. The lowest BCUT2D eigenvalue weighted by Gasteiger charge is -2.10. The fourth-order valence-electron chi connectivity index (χ4n) is 3.08. The molecule has 140 valence electrons.